The highest BCUT2D eigenvalue weighted by Gasteiger charge is 2.27. The quantitative estimate of drug-likeness (QED) is 0.431. The van der Waals surface area contributed by atoms with E-state index in [-0.39, 0.29) is 2.85 Å². The minimum absolute atomic E-state index is 0. The molecule has 0 amide bonds. The van der Waals surface area contributed by atoms with Gasteiger partial charge in [-0.1, -0.05) is 0 Å². The van der Waals surface area contributed by atoms with Crippen LogP contribution < -0.4 is 0 Å². The first kappa shape index (κ1) is 9.26. The normalized spacial score (nSPS) is 13.8. The number of hydrogen-bond donors (Lipinski definition) is 4. The second-order valence-corrected chi connectivity index (χ2v) is 3.68. The predicted molar refractivity (Wildman–Crippen MR) is 29.4 cm³/mol. The Hall–Kier alpha value is 0.260. The van der Waals surface area contributed by atoms with Crippen molar-refractivity contribution >= 4 is 15.6 Å². The standard InChI is InChI=1S/H4O7P2.2H2/c1-8(2,3)7-9(4,5)6;;/h(H2,1,2,3)(H2,4,5,6);2*1H. The summed E-state index contributed by atoms with van der Waals surface area (Å²) >= 11 is 0. The van der Waals surface area contributed by atoms with Crippen molar-refractivity contribution in [2.75, 3.05) is 0 Å². The van der Waals surface area contributed by atoms with Crippen LogP contribution in [-0.4, -0.2) is 19.6 Å². The molecule has 0 unspecified atom stereocenters. The maximum atomic E-state index is 9.63. The Kier molecular flexibility index (Phi) is 2.55. The summed E-state index contributed by atoms with van der Waals surface area (Å²) in [5, 5.41) is 0. The molecule has 7 nitrogen and oxygen atoms in total. The van der Waals surface area contributed by atoms with Gasteiger partial charge in [0.1, 0.15) is 0 Å². The molecule has 0 aliphatic heterocycles. The molecule has 0 aromatic rings. The summed E-state index contributed by atoms with van der Waals surface area (Å²) in [5.74, 6) is 0. The van der Waals surface area contributed by atoms with Crippen LogP contribution in [0.25, 0.3) is 0 Å². The fraction of sp³-hybridized carbons (Fsp3) is 0. The van der Waals surface area contributed by atoms with Crippen LogP contribution in [0.4, 0.5) is 0 Å². The molecule has 9 heteroatoms. The lowest BCUT2D eigenvalue weighted by molar-refractivity contribution is 0.225. The van der Waals surface area contributed by atoms with Gasteiger partial charge in [-0.2, -0.15) is 4.31 Å². The first-order valence-electron chi connectivity index (χ1n) is 1.53. The highest BCUT2D eigenvalue weighted by Crippen LogP contribution is 2.53. The van der Waals surface area contributed by atoms with Gasteiger partial charge < -0.3 is 19.6 Å². The van der Waals surface area contributed by atoms with Crippen molar-refractivity contribution in [3.8, 4) is 0 Å². The maximum absolute atomic E-state index is 9.63. The topological polar surface area (TPSA) is 124 Å². The van der Waals surface area contributed by atoms with E-state index >= 15 is 0 Å². The molecule has 0 aliphatic rings. The zero-order valence-corrected chi connectivity index (χ0v) is 5.70. The fourth-order valence-corrected chi connectivity index (χ4v) is 1.25. The molecule has 0 rings (SSSR count). The second-order valence-electron chi connectivity index (χ2n) is 1.06. The van der Waals surface area contributed by atoms with E-state index in [1.54, 1.807) is 0 Å². The molecular weight excluding hydrogens is 174 g/mol. The lowest BCUT2D eigenvalue weighted by atomic mass is 15.7. The van der Waals surface area contributed by atoms with Crippen molar-refractivity contribution in [1.82, 2.24) is 0 Å². The number of rotatable bonds is 2. The van der Waals surface area contributed by atoms with Gasteiger partial charge in [0.25, 0.3) is 0 Å². The summed E-state index contributed by atoms with van der Waals surface area (Å²) < 4.78 is 22.2. The minimum atomic E-state index is -5.05. The van der Waals surface area contributed by atoms with E-state index in [0.29, 0.717) is 0 Å². The van der Waals surface area contributed by atoms with Crippen LogP contribution >= 0.6 is 15.6 Å². The van der Waals surface area contributed by atoms with E-state index in [1.165, 1.54) is 0 Å². The average molecular weight is 182 g/mol. The average Bonchev–Trinajstić information content (AvgIpc) is 1.14. The largest absolute Gasteiger partial charge is 0.478 e. The second kappa shape index (κ2) is 2.48. The summed E-state index contributed by atoms with van der Waals surface area (Å²) in [5.41, 5.74) is 0. The van der Waals surface area contributed by atoms with Gasteiger partial charge in [0, 0.05) is 2.85 Å². The molecule has 0 spiro atoms. The van der Waals surface area contributed by atoms with Crippen molar-refractivity contribution < 1.29 is 35.9 Å². The van der Waals surface area contributed by atoms with Gasteiger partial charge in [-0.05, 0) is 0 Å². The van der Waals surface area contributed by atoms with Crippen molar-refractivity contribution in [2.24, 2.45) is 0 Å². The van der Waals surface area contributed by atoms with E-state index < -0.39 is 15.6 Å². The molecule has 0 saturated carbocycles. The Morgan fingerprint density at radius 3 is 1.22 bits per heavy atom. The third-order valence-corrected chi connectivity index (χ3v) is 1.91. The smallest absolute Gasteiger partial charge is 0.302 e. The molecule has 0 aromatic carbocycles. The molecule has 4 N–H and O–H groups in total. The Morgan fingerprint density at radius 1 is 1.00 bits per heavy atom. The van der Waals surface area contributed by atoms with Gasteiger partial charge in [-0.25, -0.2) is 9.13 Å². The van der Waals surface area contributed by atoms with E-state index in [1.807, 2.05) is 0 Å². The molecule has 0 bridgehead atoms. The molecule has 0 radical (unpaired) electrons. The zero-order chi connectivity index (χ0) is 7.71. The molecular formula is H8O7P2. The van der Waals surface area contributed by atoms with Crippen LogP contribution in [-0.2, 0) is 13.4 Å². The molecule has 0 atom stereocenters. The first-order chi connectivity index (χ1) is 3.71. The minimum Gasteiger partial charge on any atom is -0.302 e. The molecule has 0 fully saturated rings. The fourth-order valence-electron chi connectivity index (χ4n) is 0.139. The summed E-state index contributed by atoms with van der Waals surface area (Å²) in [6, 6.07) is 0. The highest BCUT2D eigenvalue weighted by molar-refractivity contribution is 7.60. The summed E-state index contributed by atoms with van der Waals surface area (Å²) in [7, 11) is -10.1. The van der Waals surface area contributed by atoms with Crippen molar-refractivity contribution in [1.29, 1.82) is 0 Å². The van der Waals surface area contributed by atoms with E-state index in [0.717, 1.165) is 0 Å². The summed E-state index contributed by atoms with van der Waals surface area (Å²) in [6.07, 6.45) is 0. The SMILES string of the molecule is O=P(O)(O)OP(=O)(O)O.[HH].[HH]. The number of phosphoric acid groups is 2. The highest BCUT2D eigenvalue weighted by atomic mass is 31.3. The molecule has 0 aliphatic carbocycles. The lowest BCUT2D eigenvalue weighted by Crippen LogP contribution is -1.84. The van der Waals surface area contributed by atoms with Crippen molar-refractivity contribution in [3.05, 3.63) is 0 Å². The molecule has 0 saturated heterocycles. The van der Waals surface area contributed by atoms with Crippen molar-refractivity contribution in [2.45, 2.75) is 0 Å². The number of hydrogen-bond acceptors (Lipinski definition) is 3. The zero-order valence-electron chi connectivity index (χ0n) is 3.91. The van der Waals surface area contributed by atoms with Crippen LogP contribution in [0, 0.1) is 0 Å². The summed E-state index contributed by atoms with van der Waals surface area (Å²) in [6.45, 7) is 0. The Labute approximate surface area is 52.7 Å². The van der Waals surface area contributed by atoms with Crippen molar-refractivity contribution in [3.63, 3.8) is 0 Å². The Bertz CT molecular complexity index is 155. The van der Waals surface area contributed by atoms with Gasteiger partial charge in [0.2, 0.25) is 0 Å². The van der Waals surface area contributed by atoms with Gasteiger partial charge >= 0.3 is 15.6 Å². The van der Waals surface area contributed by atoms with Crippen LogP contribution in [0.2, 0.25) is 0 Å². The monoisotopic (exact) mass is 182 g/mol. The van der Waals surface area contributed by atoms with Crippen LogP contribution in [0.1, 0.15) is 2.85 Å². The molecule has 0 heterocycles. The Balaban J connectivity index is -0.000000320. The van der Waals surface area contributed by atoms with E-state index in [2.05, 4.69) is 4.31 Å². The van der Waals surface area contributed by atoms with Gasteiger partial charge in [0.15, 0.2) is 0 Å². The van der Waals surface area contributed by atoms with E-state index in [4.69, 9.17) is 19.6 Å². The van der Waals surface area contributed by atoms with Crippen LogP contribution in [0.15, 0.2) is 0 Å². The third kappa shape index (κ3) is 8.26. The predicted octanol–water partition coefficient (Wildman–Crippen LogP) is -0.320. The van der Waals surface area contributed by atoms with Crippen LogP contribution in [0.3, 0.4) is 0 Å². The molecule has 9 heavy (non-hydrogen) atoms. The van der Waals surface area contributed by atoms with Gasteiger partial charge in [0.05, 0.1) is 0 Å². The first-order valence-corrected chi connectivity index (χ1v) is 4.59. The van der Waals surface area contributed by atoms with Gasteiger partial charge in [-0.15, -0.1) is 0 Å². The summed E-state index contributed by atoms with van der Waals surface area (Å²) in [4.78, 5) is 31.0. The van der Waals surface area contributed by atoms with Gasteiger partial charge in [-0.3, -0.25) is 0 Å². The third-order valence-electron chi connectivity index (χ3n) is 0.213. The Morgan fingerprint density at radius 2 is 1.22 bits per heavy atom. The van der Waals surface area contributed by atoms with E-state index in [9.17, 15) is 9.13 Å². The maximum Gasteiger partial charge on any atom is 0.478 e. The van der Waals surface area contributed by atoms with Crippen LogP contribution in [0.5, 0.6) is 0 Å². The lowest BCUT2D eigenvalue weighted by Gasteiger charge is -2.03. The molecule has 0 aromatic heterocycles. The molecule has 60 valence electrons.